The minimum absolute atomic E-state index is 0.199. The Balaban J connectivity index is 2.13. The maximum absolute atomic E-state index is 11.8. The van der Waals surface area contributed by atoms with E-state index in [-0.39, 0.29) is 5.91 Å². The van der Waals surface area contributed by atoms with E-state index in [1.165, 1.54) is 5.56 Å². The van der Waals surface area contributed by atoms with E-state index in [0.29, 0.717) is 0 Å². The predicted molar refractivity (Wildman–Crippen MR) is 64.7 cm³/mol. The van der Waals surface area contributed by atoms with E-state index in [9.17, 15) is 4.79 Å². The molecule has 0 spiro atoms. The average Bonchev–Trinajstić information content (AvgIpc) is 2.54. The van der Waals surface area contributed by atoms with E-state index < -0.39 is 0 Å². The van der Waals surface area contributed by atoms with Gasteiger partial charge in [0.25, 0.3) is 5.91 Å². The Morgan fingerprint density at radius 1 is 1.36 bits per heavy atom. The van der Waals surface area contributed by atoms with E-state index >= 15 is 0 Å². The van der Waals surface area contributed by atoms with Crippen molar-refractivity contribution in [2.24, 2.45) is 0 Å². The Bertz CT molecular complexity index is 351. The molecule has 1 heterocycles. The summed E-state index contributed by atoms with van der Waals surface area (Å²) in [4.78, 5) is 13.8. The number of amides is 1. The van der Waals surface area contributed by atoms with Gasteiger partial charge in [0.15, 0.2) is 0 Å². The van der Waals surface area contributed by atoms with Crippen molar-refractivity contribution >= 4 is 28.5 Å². The molecule has 1 amide bonds. The van der Waals surface area contributed by atoms with Crippen molar-refractivity contribution in [1.29, 1.82) is 0 Å². The zero-order valence-corrected chi connectivity index (χ0v) is 10.0. The van der Waals surface area contributed by atoms with Crippen LogP contribution in [-0.4, -0.2) is 21.8 Å². The van der Waals surface area contributed by atoms with Crippen LogP contribution in [0.4, 0.5) is 0 Å². The lowest BCUT2D eigenvalue weighted by Crippen LogP contribution is -2.25. The number of fused-ring (bicyclic) bond motifs is 1. The van der Waals surface area contributed by atoms with E-state index in [0.717, 1.165) is 29.5 Å². The lowest BCUT2D eigenvalue weighted by molar-refractivity contribution is 0.0779. The maximum Gasteiger partial charge on any atom is 0.254 e. The van der Waals surface area contributed by atoms with Crippen molar-refractivity contribution in [3.05, 3.63) is 35.4 Å². The van der Waals surface area contributed by atoms with E-state index in [2.05, 4.69) is 22.6 Å². The summed E-state index contributed by atoms with van der Waals surface area (Å²) in [7, 11) is 0. The Morgan fingerprint density at radius 2 is 2.14 bits per heavy atom. The molecule has 1 aromatic rings. The van der Waals surface area contributed by atoms with Gasteiger partial charge in [0.2, 0.25) is 0 Å². The van der Waals surface area contributed by atoms with Crippen LogP contribution in [0.1, 0.15) is 22.3 Å². The van der Waals surface area contributed by atoms with Crippen molar-refractivity contribution in [2.75, 3.05) is 11.0 Å². The second-order valence-electron chi connectivity index (χ2n) is 3.43. The number of nitrogens with zero attached hydrogens (tertiary/aromatic N) is 1. The van der Waals surface area contributed by atoms with Gasteiger partial charge < -0.3 is 4.90 Å². The monoisotopic (exact) mass is 301 g/mol. The number of hydrogen-bond acceptors (Lipinski definition) is 1. The normalized spacial score (nSPS) is 14.6. The van der Waals surface area contributed by atoms with Gasteiger partial charge in [-0.15, -0.1) is 0 Å². The summed E-state index contributed by atoms with van der Waals surface area (Å²) in [5.74, 6) is 0.199. The maximum atomic E-state index is 11.8. The minimum atomic E-state index is 0.199. The van der Waals surface area contributed by atoms with E-state index in [1.807, 2.05) is 29.2 Å². The highest BCUT2D eigenvalue weighted by Gasteiger charge is 2.25. The fraction of sp³-hybridized carbons (Fsp3) is 0.364. The van der Waals surface area contributed by atoms with Crippen LogP contribution in [0.5, 0.6) is 0 Å². The topological polar surface area (TPSA) is 20.3 Å². The largest absolute Gasteiger partial charge is 0.334 e. The molecule has 1 aliphatic heterocycles. The summed E-state index contributed by atoms with van der Waals surface area (Å²) in [5.41, 5.74) is 2.06. The molecular formula is C11H12INO. The van der Waals surface area contributed by atoms with Crippen LogP contribution in [0.2, 0.25) is 0 Å². The molecule has 0 aromatic heterocycles. The van der Waals surface area contributed by atoms with Gasteiger partial charge in [0.1, 0.15) is 0 Å². The van der Waals surface area contributed by atoms with E-state index in [4.69, 9.17) is 0 Å². The number of carbonyl (C=O) groups excluding carboxylic acids is 1. The number of carbonyl (C=O) groups is 1. The number of hydrogen-bond donors (Lipinski definition) is 0. The lowest BCUT2D eigenvalue weighted by Gasteiger charge is -2.13. The zero-order valence-electron chi connectivity index (χ0n) is 7.87. The van der Waals surface area contributed by atoms with Crippen LogP contribution in [0.3, 0.4) is 0 Å². The van der Waals surface area contributed by atoms with Crippen molar-refractivity contribution in [3.63, 3.8) is 0 Å². The van der Waals surface area contributed by atoms with Crippen LogP contribution in [0.15, 0.2) is 24.3 Å². The first-order valence-corrected chi connectivity index (χ1v) is 6.28. The number of alkyl halides is 1. The summed E-state index contributed by atoms with van der Waals surface area (Å²) in [5, 5.41) is 0. The van der Waals surface area contributed by atoms with Crippen LogP contribution in [0, 0.1) is 0 Å². The SMILES string of the molecule is O=C1c2ccccc2CN1CCCI. The summed E-state index contributed by atoms with van der Waals surface area (Å²) < 4.78 is 1.11. The Kier molecular flexibility index (Phi) is 3.05. The molecule has 0 radical (unpaired) electrons. The van der Waals surface area contributed by atoms with Gasteiger partial charge in [-0.05, 0) is 18.1 Å². The number of halogens is 1. The molecule has 1 aromatic carbocycles. The second-order valence-corrected chi connectivity index (χ2v) is 4.51. The van der Waals surface area contributed by atoms with Crippen molar-refractivity contribution in [1.82, 2.24) is 4.90 Å². The van der Waals surface area contributed by atoms with Gasteiger partial charge in [-0.2, -0.15) is 0 Å². The molecule has 14 heavy (non-hydrogen) atoms. The fourth-order valence-electron chi connectivity index (χ4n) is 1.75. The van der Waals surface area contributed by atoms with Gasteiger partial charge in [0.05, 0.1) is 0 Å². The molecule has 0 unspecified atom stereocenters. The number of rotatable bonds is 3. The molecule has 0 saturated heterocycles. The van der Waals surface area contributed by atoms with Crippen LogP contribution in [-0.2, 0) is 6.54 Å². The highest BCUT2D eigenvalue weighted by molar-refractivity contribution is 14.1. The third kappa shape index (κ3) is 1.78. The summed E-state index contributed by atoms with van der Waals surface area (Å²) >= 11 is 2.34. The highest BCUT2D eigenvalue weighted by atomic mass is 127. The Hall–Kier alpha value is -0.580. The molecule has 0 N–H and O–H groups in total. The predicted octanol–water partition coefficient (Wildman–Crippen LogP) is 2.47. The van der Waals surface area contributed by atoms with Gasteiger partial charge in [0, 0.05) is 23.1 Å². The molecule has 74 valence electrons. The number of benzene rings is 1. The van der Waals surface area contributed by atoms with Gasteiger partial charge in [-0.25, -0.2) is 0 Å². The molecule has 3 heteroatoms. The quantitative estimate of drug-likeness (QED) is 0.620. The molecule has 0 atom stereocenters. The Labute approximate surface area is 97.4 Å². The first-order valence-electron chi connectivity index (χ1n) is 4.76. The molecule has 0 aliphatic carbocycles. The third-order valence-electron chi connectivity index (χ3n) is 2.46. The summed E-state index contributed by atoms with van der Waals surface area (Å²) in [6.45, 7) is 1.68. The smallest absolute Gasteiger partial charge is 0.254 e. The van der Waals surface area contributed by atoms with E-state index in [1.54, 1.807) is 0 Å². The van der Waals surface area contributed by atoms with Crippen LogP contribution < -0.4 is 0 Å². The van der Waals surface area contributed by atoms with Crippen molar-refractivity contribution in [3.8, 4) is 0 Å². The molecular weight excluding hydrogens is 289 g/mol. The van der Waals surface area contributed by atoms with Crippen molar-refractivity contribution in [2.45, 2.75) is 13.0 Å². The zero-order chi connectivity index (χ0) is 9.97. The molecule has 0 saturated carbocycles. The van der Waals surface area contributed by atoms with Crippen LogP contribution in [0.25, 0.3) is 0 Å². The first-order chi connectivity index (χ1) is 6.83. The van der Waals surface area contributed by atoms with Gasteiger partial charge in [-0.3, -0.25) is 4.79 Å². The van der Waals surface area contributed by atoms with Gasteiger partial charge >= 0.3 is 0 Å². The molecule has 2 rings (SSSR count). The minimum Gasteiger partial charge on any atom is -0.334 e. The lowest BCUT2D eigenvalue weighted by atomic mass is 10.1. The van der Waals surface area contributed by atoms with Crippen molar-refractivity contribution < 1.29 is 4.79 Å². The summed E-state index contributed by atoms with van der Waals surface area (Å²) in [6.07, 6.45) is 1.08. The Morgan fingerprint density at radius 3 is 2.86 bits per heavy atom. The molecule has 1 aliphatic rings. The van der Waals surface area contributed by atoms with Gasteiger partial charge in [-0.1, -0.05) is 40.8 Å². The molecule has 0 bridgehead atoms. The summed E-state index contributed by atoms with van der Waals surface area (Å²) in [6, 6.07) is 7.88. The standard InChI is InChI=1S/C11H12INO/c12-6-3-7-13-8-9-4-1-2-5-10(9)11(13)14/h1-2,4-5H,3,6-8H2. The second kappa shape index (κ2) is 4.29. The average molecular weight is 301 g/mol. The molecule has 2 nitrogen and oxygen atoms in total. The third-order valence-corrected chi connectivity index (χ3v) is 3.22. The highest BCUT2D eigenvalue weighted by Crippen LogP contribution is 2.22. The fourth-order valence-corrected chi connectivity index (χ4v) is 2.09. The first kappa shape index (κ1) is 9.96. The van der Waals surface area contributed by atoms with Crippen LogP contribution >= 0.6 is 22.6 Å². The molecule has 0 fully saturated rings.